The molecule has 0 aliphatic carbocycles. The van der Waals surface area contributed by atoms with Gasteiger partial charge in [-0.1, -0.05) is 50.0 Å². The van der Waals surface area contributed by atoms with Crippen LogP contribution in [0.3, 0.4) is 0 Å². The molecule has 1 unspecified atom stereocenters. The first-order valence-electron chi connectivity index (χ1n) is 6.34. The third-order valence-corrected chi connectivity index (χ3v) is 3.51. The number of carbonyl (C=O) groups excluding carboxylic acids is 1. The van der Waals surface area contributed by atoms with Crippen LogP contribution in [0.2, 0.25) is 10.0 Å². The van der Waals surface area contributed by atoms with Crippen LogP contribution in [0.5, 0.6) is 0 Å². The van der Waals surface area contributed by atoms with Gasteiger partial charge in [0.15, 0.2) is 5.78 Å². The van der Waals surface area contributed by atoms with Crippen molar-refractivity contribution in [1.82, 2.24) is 0 Å². The number of hydrogen-bond acceptors (Lipinski definition) is 2. The molecule has 0 saturated heterocycles. The number of ketones is 1. The number of ether oxygens (including phenoxy) is 1. The van der Waals surface area contributed by atoms with E-state index in [4.69, 9.17) is 27.9 Å². The minimum Gasteiger partial charge on any atom is -0.370 e. The first-order valence-corrected chi connectivity index (χ1v) is 7.09. The predicted octanol–water partition coefficient (Wildman–Crippen LogP) is 4.56. The first kappa shape index (κ1) is 16.5. The number of carbonyl (C=O) groups is 1. The van der Waals surface area contributed by atoms with Crippen LogP contribution in [0.15, 0.2) is 18.2 Å². The molecule has 0 aliphatic heterocycles. The van der Waals surface area contributed by atoms with E-state index in [0.717, 1.165) is 5.56 Å². The molecule has 1 aromatic carbocycles. The SMILES string of the molecule is CCOC(C(=O)Cc1ccc(Cl)c(Cl)c1)C(C)(C)C. The van der Waals surface area contributed by atoms with Gasteiger partial charge >= 0.3 is 0 Å². The maximum absolute atomic E-state index is 12.3. The molecule has 0 heterocycles. The molecule has 2 nitrogen and oxygen atoms in total. The lowest BCUT2D eigenvalue weighted by atomic mass is 9.84. The second-order valence-electron chi connectivity index (χ2n) is 5.59. The molecule has 1 rings (SSSR count). The van der Waals surface area contributed by atoms with Gasteiger partial charge in [-0.05, 0) is 30.0 Å². The lowest BCUT2D eigenvalue weighted by molar-refractivity contribution is -0.136. The molecule has 0 bridgehead atoms. The Morgan fingerprint density at radius 2 is 1.89 bits per heavy atom. The standard InChI is InChI=1S/C15H20Cl2O2/c1-5-19-14(15(2,3)4)13(18)9-10-6-7-11(16)12(17)8-10/h6-8,14H,5,9H2,1-4H3. The zero-order valence-electron chi connectivity index (χ0n) is 11.8. The van der Waals surface area contributed by atoms with Crippen molar-refractivity contribution < 1.29 is 9.53 Å². The summed E-state index contributed by atoms with van der Waals surface area (Å²) in [4.78, 5) is 12.3. The first-order chi connectivity index (χ1) is 8.75. The molecule has 4 heteroatoms. The molecule has 1 aromatic rings. The highest BCUT2D eigenvalue weighted by atomic mass is 35.5. The van der Waals surface area contributed by atoms with E-state index in [2.05, 4.69) is 0 Å². The topological polar surface area (TPSA) is 26.3 Å². The predicted molar refractivity (Wildman–Crippen MR) is 80.0 cm³/mol. The third-order valence-electron chi connectivity index (χ3n) is 2.77. The Hall–Kier alpha value is -0.570. The number of halogens is 2. The molecule has 106 valence electrons. The smallest absolute Gasteiger partial charge is 0.166 e. The van der Waals surface area contributed by atoms with Crippen LogP contribution >= 0.6 is 23.2 Å². The van der Waals surface area contributed by atoms with Crippen LogP contribution in [-0.4, -0.2) is 18.5 Å². The van der Waals surface area contributed by atoms with Gasteiger partial charge in [-0.25, -0.2) is 0 Å². The average Bonchev–Trinajstić information content (AvgIpc) is 2.29. The minimum absolute atomic E-state index is 0.0627. The van der Waals surface area contributed by atoms with E-state index in [1.54, 1.807) is 12.1 Å². The molecule has 0 N–H and O–H groups in total. The molecule has 0 aromatic heterocycles. The fourth-order valence-electron chi connectivity index (χ4n) is 1.94. The summed E-state index contributed by atoms with van der Waals surface area (Å²) in [5, 5.41) is 0.964. The van der Waals surface area contributed by atoms with Crippen molar-refractivity contribution >= 4 is 29.0 Å². The molecule has 19 heavy (non-hydrogen) atoms. The highest BCUT2D eigenvalue weighted by Gasteiger charge is 2.31. The number of benzene rings is 1. The second-order valence-corrected chi connectivity index (χ2v) is 6.41. The maximum atomic E-state index is 12.3. The van der Waals surface area contributed by atoms with Gasteiger partial charge in [0.2, 0.25) is 0 Å². The number of Topliss-reactive ketones (excluding diaryl/α,β-unsaturated/α-hetero) is 1. The number of hydrogen-bond donors (Lipinski definition) is 0. The second kappa shape index (κ2) is 6.74. The van der Waals surface area contributed by atoms with Crippen molar-refractivity contribution in [3.63, 3.8) is 0 Å². The van der Waals surface area contributed by atoms with Crippen molar-refractivity contribution in [3.8, 4) is 0 Å². The Kier molecular flexibility index (Phi) is 5.84. The summed E-state index contributed by atoms with van der Waals surface area (Å²) in [6.45, 7) is 8.42. The van der Waals surface area contributed by atoms with Crippen LogP contribution < -0.4 is 0 Å². The van der Waals surface area contributed by atoms with Crippen LogP contribution in [0, 0.1) is 5.41 Å². The Balaban J connectivity index is 2.84. The van der Waals surface area contributed by atoms with Gasteiger partial charge in [-0.15, -0.1) is 0 Å². The van der Waals surface area contributed by atoms with E-state index in [0.29, 0.717) is 23.1 Å². The van der Waals surface area contributed by atoms with E-state index >= 15 is 0 Å². The molecular weight excluding hydrogens is 283 g/mol. The molecule has 0 radical (unpaired) electrons. The van der Waals surface area contributed by atoms with Crippen molar-refractivity contribution in [2.24, 2.45) is 5.41 Å². The van der Waals surface area contributed by atoms with Gasteiger partial charge in [0.1, 0.15) is 6.10 Å². The summed E-state index contributed by atoms with van der Waals surface area (Å²) >= 11 is 11.8. The van der Waals surface area contributed by atoms with E-state index < -0.39 is 6.10 Å². The summed E-state index contributed by atoms with van der Waals surface area (Å²) in [5.74, 6) is 0.0627. The van der Waals surface area contributed by atoms with Gasteiger partial charge < -0.3 is 4.74 Å². The van der Waals surface area contributed by atoms with Crippen LogP contribution in [0.1, 0.15) is 33.3 Å². The highest BCUT2D eigenvalue weighted by Crippen LogP contribution is 2.26. The van der Waals surface area contributed by atoms with E-state index in [1.807, 2.05) is 33.8 Å². The van der Waals surface area contributed by atoms with Crippen LogP contribution in [0.25, 0.3) is 0 Å². The molecule has 0 saturated carbocycles. The molecule has 1 atom stereocenters. The Bertz CT molecular complexity index is 450. The van der Waals surface area contributed by atoms with Crippen molar-refractivity contribution in [1.29, 1.82) is 0 Å². The lowest BCUT2D eigenvalue weighted by Gasteiger charge is -2.29. The Morgan fingerprint density at radius 3 is 2.37 bits per heavy atom. The largest absolute Gasteiger partial charge is 0.370 e. The summed E-state index contributed by atoms with van der Waals surface area (Å²) in [7, 11) is 0. The van der Waals surface area contributed by atoms with Crippen molar-refractivity contribution in [2.45, 2.75) is 40.2 Å². The third kappa shape index (κ3) is 4.79. The normalized spacial score (nSPS) is 13.4. The average molecular weight is 303 g/mol. The van der Waals surface area contributed by atoms with Gasteiger partial charge in [-0.2, -0.15) is 0 Å². The molecular formula is C15H20Cl2O2. The lowest BCUT2D eigenvalue weighted by Crippen LogP contribution is -2.38. The Labute approximate surface area is 125 Å². The van der Waals surface area contributed by atoms with Crippen LogP contribution in [0.4, 0.5) is 0 Å². The highest BCUT2D eigenvalue weighted by molar-refractivity contribution is 6.42. The van der Waals surface area contributed by atoms with Gasteiger partial charge in [-0.3, -0.25) is 4.79 Å². The molecule has 0 amide bonds. The quantitative estimate of drug-likeness (QED) is 0.797. The summed E-state index contributed by atoms with van der Waals surface area (Å²) < 4.78 is 5.59. The molecule has 0 spiro atoms. The summed E-state index contributed by atoms with van der Waals surface area (Å²) in [6, 6.07) is 5.25. The van der Waals surface area contributed by atoms with E-state index in [-0.39, 0.29) is 11.2 Å². The van der Waals surface area contributed by atoms with Gasteiger partial charge in [0.05, 0.1) is 10.0 Å². The zero-order chi connectivity index (χ0) is 14.6. The zero-order valence-corrected chi connectivity index (χ0v) is 13.3. The minimum atomic E-state index is -0.410. The van der Waals surface area contributed by atoms with Gasteiger partial charge in [0.25, 0.3) is 0 Å². The summed E-state index contributed by atoms with van der Waals surface area (Å²) in [6.07, 6.45) is -0.106. The van der Waals surface area contributed by atoms with Crippen molar-refractivity contribution in [3.05, 3.63) is 33.8 Å². The molecule has 0 aliphatic rings. The molecule has 0 fully saturated rings. The van der Waals surface area contributed by atoms with E-state index in [9.17, 15) is 4.79 Å². The maximum Gasteiger partial charge on any atom is 0.166 e. The van der Waals surface area contributed by atoms with Crippen LogP contribution in [-0.2, 0) is 16.0 Å². The van der Waals surface area contributed by atoms with Crippen molar-refractivity contribution in [2.75, 3.05) is 6.61 Å². The monoisotopic (exact) mass is 302 g/mol. The Morgan fingerprint density at radius 1 is 1.26 bits per heavy atom. The van der Waals surface area contributed by atoms with E-state index in [1.165, 1.54) is 0 Å². The van der Waals surface area contributed by atoms with Gasteiger partial charge in [0, 0.05) is 13.0 Å². The number of rotatable bonds is 5. The summed E-state index contributed by atoms with van der Waals surface area (Å²) in [5.41, 5.74) is 0.636. The fourth-order valence-corrected chi connectivity index (χ4v) is 2.26. The fraction of sp³-hybridized carbons (Fsp3) is 0.533.